The molecule has 2 atom stereocenters. The number of carboxylic acids is 1. The Labute approximate surface area is 178 Å². The Bertz CT molecular complexity index is 1080. The summed E-state index contributed by atoms with van der Waals surface area (Å²) >= 11 is 0. The summed E-state index contributed by atoms with van der Waals surface area (Å²) in [5, 5.41) is 24.9. The van der Waals surface area contributed by atoms with E-state index in [4.69, 9.17) is 5.73 Å². The second-order valence-corrected chi connectivity index (χ2v) is 7.16. The normalized spacial score (nSPS) is 12.8. The third kappa shape index (κ3) is 5.61. The van der Waals surface area contributed by atoms with Crippen LogP contribution in [0.4, 0.5) is 0 Å². The number of aromatic amines is 1. The lowest BCUT2D eigenvalue weighted by atomic mass is 10.0. The topological polar surface area (TPSA) is 158 Å². The number of carboxylic acid groups (broad SMARTS) is 1. The van der Waals surface area contributed by atoms with E-state index < -0.39 is 29.9 Å². The van der Waals surface area contributed by atoms with Crippen molar-refractivity contribution in [1.82, 2.24) is 15.6 Å². The molecule has 0 radical (unpaired) electrons. The standard InChI is InChI=1S/C22H24N4O5/c23-11-20(28)25-18(10-14-12-24-17-4-2-1-3-16(14)17)21(29)26-19(22(30)31)9-13-5-7-15(27)8-6-13/h1-8,12,18-19,24,27H,9-11,23H2,(H,25,28)(H,26,29)(H,30,31)/t18-,19-/m0/s1. The van der Waals surface area contributed by atoms with E-state index in [1.165, 1.54) is 12.1 Å². The Morgan fingerprint density at radius 3 is 2.35 bits per heavy atom. The first-order chi connectivity index (χ1) is 14.9. The maximum atomic E-state index is 12.9. The van der Waals surface area contributed by atoms with Crippen molar-refractivity contribution >= 4 is 28.7 Å². The molecule has 0 aliphatic rings. The van der Waals surface area contributed by atoms with Gasteiger partial charge < -0.3 is 31.6 Å². The molecule has 0 aliphatic carbocycles. The van der Waals surface area contributed by atoms with E-state index in [9.17, 15) is 24.6 Å². The zero-order valence-corrected chi connectivity index (χ0v) is 16.7. The van der Waals surface area contributed by atoms with Gasteiger partial charge in [0.1, 0.15) is 17.8 Å². The zero-order valence-electron chi connectivity index (χ0n) is 16.7. The first kappa shape index (κ1) is 21.8. The number of aliphatic carboxylic acids is 1. The van der Waals surface area contributed by atoms with Crippen LogP contribution in [0.3, 0.4) is 0 Å². The van der Waals surface area contributed by atoms with Crippen molar-refractivity contribution in [2.24, 2.45) is 5.73 Å². The number of carbonyl (C=O) groups excluding carboxylic acids is 2. The number of nitrogens with two attached hydrogens (primary N) is 1. The fraction of sp³-hybridized carbons (Fsp3) is 0.227. The van der Waals surface area contributed by atoms with E-state index in [-0.39, 0.29) is 25.1 Å². The quantitative estimate of drug-likeness (QED) is 0.296. The van der Waals surface area contributed by atoms with Gasteiger partial charge in [0.05, 0.1) is 6.54 Å². The van der Waals surface area contributed by atoms with Crippen LogP contribution in [0.5, 0.6) is 5.75 Å². The highest BCUT2D eigenvalue weighted by atomic mass is 16.4. The minimum Gasteiger partial charge on any atom is -0.508 e. The summed E-state index contributed by atoms with van der Waals surface area (Å²) in [5.41, 5.74) is 7.70. The van der Waals surface area contributed by atoms with Gasteiger partial charge in [-0.1, -0.05) is 30.3 Å². The molecule has 162 valence electrons. The van der Waals surface area contributed by atoms with E-state index in [1.54, 1.807) is 18.3 Å². The van der Waals surface area contributed by atoms with Crippen molar-refractivity contribution in [3.05, 3.63) is 65.9 Å². The molecule has 0 unspecified atom stereocenters. The van der Waals surface area contributed by atoms with Crippen LogP contribution in [0.2, 0.25) is 0 Å². The van der Waals surface area contributed by atoms with Gasteiger partial charge in [0.15, 0.2) is 0 Å². The van der Waals surface area contributed by atoms with Crippen LogP contribution in [0.25, 0.3) is 10.9 Å². The second-order valence-electron chi connectivity index (χ2n) is 7.16. The van der Waals surface area contributed by atoms with Crippen LogP contribution < -0.4 is 16.4 Å². The molecule has 2 amide bonds. The lowest BCUT2D eigenvalue weighted by Gasteiger charge is -2.21. The minimum atomic E-state index is -1.21. The van der Waals surface area contributed by atoms with Gasteiger partial charge in [-0.15, -0.1) is 0 Å². The van der Waals surface area contributed by atoms with Gasteiger partial charge >= 0.3 is 5.97 Å². The number of H-pyrrole nitrogens is 1. The Morgan fingerprint density at radius 1 is 0.968 bits per heavy atom. The number of amides is 2. The van der Waals surface area contributed by atoms with Crippen LogP contribution in [0, 0.1) is 0 Å². The van der Waals surface area contributed by atoms with Gasteiger partial charge in [-0.2, -0.15) is 0 Å². The van der Waals surface area contributed by atoms with E-state index in [1.807, 2.05) is 24.3 Å². The van der Waals surface area contributed by atoms with Crippen molar-refractivity contribution in [3.8, 4) is 5.75 Å². The number of carbonyl (C=O) groups is 3. The fourth-order valence-corrected chi connectivity index (χ4v) is 3.32. The molecule has 1 heterocycles. The molecular formula is C22H24N4O5. The van der Waals surface area contributed by atoms with E-state index in [0.29, 0.717) is 5.56 Å². The van der Waals surface area contributed by atoms with Gasteiger partial charge in [-0.3, -0.25) is 9.59 Å². The number of phenols is 1. The molecule has 3 rings (SSSR count). The van der Waals surface area contributed by atoms with Crippen LogP contribution in [0.1, 0.15) is 11.1 Å². The zero-order chi connectivity index (χ0) is 22.4. The van der Waals surface area contributed by atoms with Gasteiger partial charge in [-0.05, 0) is 29.3 Å². The smallest absolute Gasteiger partial charge is 0.326 e. The molecule has 7 N–H and O–H groups in total. The molecule has 1 aromatic heterocycles. The van der Waals surface area contributed by atoms with Crippen molar-refractivity contribution in [3.63, 3.8) is 0 Å². The number of nitrogens with one attached hydrogen (secondary N) is 3. The van der Waals surface area contributed by atoms with Gasteiger partial charge in [0.25, 0.3) is 0 Å². The first-order valence-electron chi connectivity index (χ1n) is 9.73. The molecule has 9 heteroatoms. The number of hydrogen-bond donors (Lipinski definition) is 6. The number of rotatable bonds is 9. The fourth-order valence-electron chi connectivity index (χ4n) is 3.32. The highest BCUT2D eigenvalue weighted by molar-refractivity contribution is 5.92. The molecule has 31 heavy (non-hydrogen) atoms. The average molecular weight is 424 g/mol. The minimum absolute atomic E-state index is 0.0198. The summed E-state index contributed by atoms with van der Waals surface area (Å²) in [7, 11) is 0. The number of para-hydroxylation sites is 1. The lowest BCUT2D eigenvalue weighted by Crippen LogP contribution is -2.53. The molecule has 0 aliphatic heterocycles. The van der Waals surface area contributed by atoms with E-state index in [2.05, 4.69) is 15.6 Å². The summed E-state index contributed by atoms with van der Waals surface area (Å²) in [6.07, 6.45) is 1.93. The Morgan fingerprint density at radius 2 is 1.68 bits per heavy atom. The van der Waals surface area contributed by atoms with E-state index >= 15 is 0 Å². The largest absolute Gasteiger partial charge is 0.508 e. The molecule has 3 aromatic rings. The number of aromatic hydroxyl groups is 1. The molecule has 0 saturated carbocycles. The van der Waals surface area contributed by atoms with Crippen molar-refractivity contribution in [2.75, 3.05) is 6.54 Å². The van der Waals surface area contributed by atoms with Crippen LogP contribution in [-0.4, -0.2) is 51.6 Å². The van der Waals surface area contributed by atoms with Crippen LogP contribution >= 0.6 is 0 Å². The molecule has 0 saturated heterocycles. The van der Waals surface area contributed by atoms with Gasteiger partial charge in [-0.25, -0.2) is 4.79 Å². The molecular weight excluding hydrogens is 400 g/mol. The third-order valence-corrected chi connectivity index (χ3v) is 4.93. The Balaban J connectivity index is 1.78. The predicted octanol–water partition coefficient (Wildman–Crippen LogP) is 0.672. The number of aromatic nitrogens is 1. The summed E-state index contributed by atoms with van der Waals surface area (Å²) in [6.45, 7) is -0.298. The number of hydrogen-bond acceptors (Lipinski definition) is 5. The highest BCUT2D eigenvalue weighted by Crippen LogP contribution is 2.19. The molecule has 2 aromatic carbocycles. The van der Waals surface area contributed by atoms with Crippen LogP contribution in [-0.2, 0) is 27.2 Å². The number of fused-ring (bicyclic) bond motifs is 1. The first-order valence-corrected chi connectivity index (χ1v) is 9.73. The average Bonchev–Trinajstić information content (AvgIpc) is 3.17. The number of benzene rings is 2. The molecule has 0 spiro atoms. The summed E-state index contributed by atoms with van der Waals surface area (Å²) in [6, 6.07) is 11.4. The predicted molar refractivity (Wildman–Crippen MR) is 114 cm³/mol. The van der Waals surface area contributed by atoms with E-state index in [0.717, 1.165) is 16.5 Å². The highest BCUT2D eigenvalue weighted by Gasteiger charge is 2.27. The second kappa shape index (κ2) is 9.77. The number of phenolic OH excluding ortho intramolecular Hbond substituents is 1. The summed E-state index contributed by atoms with van der Waals surface area (Å²) < 4.78 is 0. The van der Waals surface area contributed by atoms with Crippen molar-refractivity contribution < 1.29 is 24.6 Å². The Kier molecular flexibility index (Phi) is 6.88. The third-order valence-electron chi connectivity index (χ3n) is 4.93. The van der Waals surface area contributed by atoms with Crippen LogP contribution in [0.15, 0.2) is 54.7 Å². The summed E-state index contributed by atoms with van der Waals surface area (Å²) in [4.78, 5) is 39.7. The lowest BCUT2D eigenvalue weighted by molar-refractivity contribution is -0.142. The summed E-state index contributed by atoms with van der Waals surface area (Å²) in [5.74, 6) is -2.30. The van der Waals surface area contributed by atoms with Crippen molar-refractivity contribution in [2.45, 2.75) is 24.9 Å². The van der Waals surface area contributed by atoms with Gasteiger partial charge in [0.2, 0.25) is 11.8 Å². The maximum absolute atomic E-state index is 12.9. The SMILES string of the molecule is NCC(=O)N[C@@H](Cc1c[nH]c2ccccc12)C(=O)N[C@@H](Cc1ccc(O)cc1)C(=O)O. The molecule has 0 fully saturated rings. The Hall–Kier alpha value is -3.85. The molecule has 0 bridgehead atoms. The monoisotopic (exact) mass is 424 g/mol. The molecule has 9 nitrogen and oxygen atoms in total. The van der Waals surface area contributed by atoms with Gasteiger partial charge in [0, 0.05) is 29.9 Å². The van der Waals surface area contributed by atoms with Crippen molar-refractivity contribution in [1.29, 1.82) is 0 Å². The maximum Gasteiger partial charge on any atom is 0.326 e.